The van der Waals surface area contributed by atoms with Gasteiger partial charge in [0.15, 0.2) is 5.78 Å². The molecule has 7 heteroatoms. The van der Waals surface area contributed by atoms with Gasteiger partial charge in [0.1, 0.15) is 24.3 Å². The number of carbonyl (C=O) groups excluding carboxylic acids is 2. The van der Waals surface area contributed by atoms with Gasteiger partial charge in [-0.3, -0.25) is 9.59 Å². The van der Waals surface area contributed by atoms with E-state index in [1.54, 1.807) is 6.07 Å². The van der Waals surface area contributed by atoms with E-state index in [1.807, 2.05) is 6.07 Å². The number of Topliss-reactive ketones (excluding diaryl/α,β-unsaturated/α-hetero) is 1. The van der Waals surface area contributed by atoms with Crippen LogP contribution in [0.15, 0.2) is 30.3 Å². The number of rotatable bonds is 2. The molecular formula is C20H17ClFNO4. The van der Waals surface area contributed by atoms with Crippen LogP contribution in [0.3, 0.4) is 0 Å². The van der Waals surface area contributed by atoms with Crippen LogP contribution in [0.4, 0.5) is 4.39 Å². The number of amides is 1. The molecule has 27 heavy (non-hydrogen) atoms. The van der Waals surface area contributed by atoms with Crippen LogP contribution < -0.4 is 10.1 Å². The van der Waals surface area contributed by atoms with E-state index < -0.39 is 23.9 Å². The highest BCUT2D eigenvalue weighted by Crippen LogP contribution is 2.37. The van der Waals surface area contributed by atoms with E-state index in [0.717, 1.165) is 24.5 Å². The third kappa shape index (κ3) is 3.31. The molecule has 0 fully saturated rings. The van der Waals surface area contributed by atoms with Crippen LogP contribution in [0.5, 0.6) is 5.75 Å². The summed E-state index contributed by atoms with van der Waals surface area (Å²) >= 11 is 5.74. The summed E-state index contributed by atoms with van der Waals surface area (Å²) in [5.74, 6) is -0.515. The topological polar surface area (TPSA) is 75.6 Å². The predicted molar refractivity (Wildman–Crippen MR) is 96.8 cm³/mol. The SMILES string of the molecule is O=C(N[C@@H]1c2cc3c(cc2OC[C@H]1O)CCCC3=O)c1ccc(F)c(Cl)c1. The maximum Gasteiger partial charge on any atom is 0.251 e. The first-order chi connectivity index (χ1) is 12.9. The lowest BCUT2D eigenvalue weighted by atomic mass is 9.86. The number of aryl methyl sites for hydroxylation is 1. The number of carbonyl (C=O) groups is 2. The fourth-order valence-corrected chi connectivity index (χ4v) is 3.74. The normalized spacial score (nSPS) is 21.1. The van der Waals surface area contributed by atoms with Crippen molar-refractivity contribution in [1.82, 2.24) is 5.32 Å². The van der Waals surface area contributed by atoms with Gasteiger partial charge >= 0.3 is 0 Å². The second-order valence-electron chi connectivity index (χ2n) is 6.78. The Morgan fingerprint density at radius 1 is 1.26 bits per heavy atom. The van der Waals surface area contributed by atoms with E-state index in [0.29, 0.717) is 23.3 Å². The molecule has 2 atom stereocenters. The molecule has 2 aromatic carbocycles. The first-order valence-electron chi connectivity index (χ1n) is 8.71. The van der Waals surface area contributed by atoms with E-state index in [2.05, 4.69) is 5.32 Å². The van der Waals surface area contributed by atoms with Gasteiger partial charge in [0.2, 0.25) is 0 Å². The van der Waals surface area contributed by atoms with E-state index in [4.69, 9.17) is 16.3 Å². The third-order valence-electron chi connectivity index (χ3n) is 4.98. The Bertz CT molecular complexity index is 946. The number of nitrogens with one attached hydrogen (secondary N) is 1. The predicted octanol–water partition coefficient (Wildman–Crippen LogP) is 3.22. The van der Waals surface area contributed by atoms with Crippen molar-refractivity contribution < 1.29 is 23.8 Å². The molecule has 0 saturated heterocycles. The van der Waals surface area contributed by atoms with Crippen molar-refractivity contribution in [3.05, 3.63) is 63.4 Å². The summed E-state index contributed by atoms with van der Waals surface area (Å²) in [6, 6.07) is 6.44. The number of hydrogen-bond donors (Lipinski definition) is 2. The average molecular weight is 390 g/mol. The van der Waals surface area contributed by atoms with Crippen LogP contribution in [0, 0.1) is 5.82 Å². The molecule has 4 rings (SSSR count). The van der Waals surface area contributed by atoms with Crippen molar-refractivity contribution >= 4 is 23.3 Å². The van der Waals surface area contributed by atoms with Crippen LogP contribution in [-0.4, -0.2) is 29.5 Å². The lowest BCUT2D eigenvalue weighted by molar-refractivity contribution is 0.0500. The molecule has 0 aromatic heterocycles. The number of aliphatic hydroxyl groups excluding tert-OH is 1. The van der Waals surface area contributed by atoms with Crippen molar-refractivity contribution in [2.75, 3.05) is 6.61 Å². The Kier molecular flexibility index (Phi) is 4.61. The van der Waals surface area contributed by atoms with Crippen molar-refractivity contribution in [2.45, 2.75) is 31.4 Å². The molecule has 2 aromatic rings. The largest absolute Gasteiger partial charge is 0.490 e. The molecule has 0 spiro atoms. The summed E-state index contributed by atoms with van der Waals surface area (Å²) < 4.78 is 18.9. The number of fused-ring (bicyclic) bond motifs is 2. The molecule has 5 nitrogen and oxygen atoms in total. The number of ketones is 1. The Balaban J connectivity index is 1.67. The van der Waals surface area contributed by atoms with Crippen LogP contribution in [0.25, 0.3) is 0 Å². The van der Waals surface area contributed by atoms with E-state index in [-0.39, 0.29) is 23.0 Å². The van der Waals surface area contributed by atoms with Gasteiger partial charge in [-0.2, -0.15) is 0 Å². The first-order valence-corrected chi connectivity index (χ1v) is 9.08. The van der Waals surface area contributed by atoms with E-state index in [1.165, 1.54) is 12.1 Å². The fourth-order valence-electron chi connectivity index (χ4n) is 3.56. The van der Waals surface area contributed by atoms with Gasteiger partial charge in [0.05, 0.1) is 11.1 Å². The van der Waals surface area contributed by atoms with E-state index >= 15 is 0 Å². The van der Waals surface area contributed by atoms with Gasteiger partial charge in [-0.05, 0) is 48.7 Å². The highest BCUT2D eigenvalue weighted by atomic mass is 35.5. The zero-order valence-corrected chi connectivity index (χ0v) is 15.1. The number of ether oxygens (including phenoxy) is 1. The van der Waals surface area contributed by atoms with Crippen LogP contribution in [0.1, 0.15) is 50.7 Å². The summed E-state index contributed by atoms with van der Waals surface area (Å²) in [5, 5.41) is 13.0. The zero-order valence-electron chi connectivity index (χ0n) is 14.3. The van der Waals surface area contributed by atoms with Crippen molar-refractivity contribution in [3.8, 4) is 5.75 Å². The Hall–Kier alpha value is -2.44. The van der Waals surface area contributed by atoms with Crippen molar-refractivity contribution in [1.29, 1.82) is 0 Å². The Labute approximate surface area is 160 Å². The summed E-state index contributed by atoms with van der Waals surface area (Å²) in [7, 11) is 0. The van der Waals surface area contributed by atoms with E-state index in [9.17, 15) is 19.1 Å². The van der Waals surface area contributed by atoms with Crippen molar-refractivity contribution in [3.63, 3.8) is 0 Å². The maximum absolute atomic E-state index is 13.3. The van der Waals surface area contributed by atoms with Gasteiger partial charge in [-0.25, -0.2) is 4.39 Å². The lowest BCUT2D eigenvalue weighted by Crippen LogP contribution is -2.42. The van der Waals surface area contributed by atoms with Crippen LogP contribution in [0.2, 0.25) is 5.02 Å². The second kappa shape index (κ2) is 6.94. The Morgan fingerprint density at radius 3 is 2.85 bits per heavy atom. The quantitative estimate of drug-likeness (QED) is 0.827. The Morgan fingerprint density at radius 2 is 2.07 bits per heavy atom. The minimum Gasteiger partial charge on any atom is -0.490 e. The molecule has 0 unspecified atom stereocenters. The molecule has 0 bridgehead atoms. The average Bonchev–Trinajstić information content (AvgIpc) is 2.65. The number of hydrogen-bond acceptors (Lipinski definition) is 4. The highest BCUT2D eigenvalue weighted by Gasteiger charge is 2.33. The number of benzene rings is 2. The molecule has 140 valence electrons. The number of halogens is 2. The fraction of sp³-hybridized carbons (Fsp3) is 0.300. The molecule has 0 radical (unpaired) electrons. The first kappa shape index (κ1) is 17.9. The van der Waals surface area contributed by atoms with Crippen LogP contribution in [-0.2, 0) is 6.42 Å². The third-order valence-corrected chi connectivity index (χ3v) is 5.27. The number of aliphatic hydroxyl groups is 1. The summed E-state index contributed by atoms with van der Waals surface area (Å²) in [6.45, 7) is 0.0227. The molecule has 1 aliphatic carbocycles. The maximum atomic E-state index is 13.3. The summed E-state index contributed by atoms with van der Waals surface area (Å²) in [4.78, 5) is 24.8. The van der Waals surface area contributed by atoms with Gasteiger partial charge in [0.25, 0.3) is 5.91 Å². The highest BCUT2D eigenvalue weighted by molar-refractivity contribution is 6.31. The summed E-state index contributed by atoms with van der Waals surface area (Å²) in [6.07, 6.45) is 1.11. The van der Waals surface area contributed by atoms with Gasteiger partial charge < -0.3 is 15.2 Å². The lowest BCUT2D eigenvalue weighted by Gasteiger charge is -2.32. The standard InChI is InChI=1S/C20H17ClFNO4/c21-14-6-11(4-5-15(14)22)20(26)23-19-13-8-12-10(2-1-3-16(12)24)7-18(13)27-9-17(19)25/h4-8,17,19,25H,1-3,9H2,(H,23,26)/t17-,19-/m1/s1. The second-order valence-corrected chi connectivity index (χ2v) is 7.19. The molecule has 2 aliphatic rings. The van der Waals surface area contributed by atoms with Gasteiger partial charge in [-0.1, -0.05) is 11.6 Å². The van der Waals surface area contributed by atoms with Gasteiger partial charge in [0, 0.05) is 23.1 Å². The van der Waals surface area contributed by atoms with Gasteiger partial charge in [-0.15, -0.1) is 0 Å². The molecular weight excluding hydrogens is 373 g/mol. The zero-order chi connectivity index (χ0) is 19.1. The van der Waals surface area contributed by atoms with Crippen LogP contribution >= 0.6 is 11.6 Å². The summed E-state index contributed by atoms with van der Waals surface area (Å²) in [5.41, 5.74) is 2.28. The molecule has 1 amide bonds. The monoisotopic (exact) mass is 389 g/mol. The minimum atomic E-state index is -0.978. The smallest absolute Gasteiger partial charge is 0.251 e. The molecule has 1 heterocycles. The molecule has 1 aliphatic heterocycles. The van der Waals surface area contributed by atoms with Crippen molar-refractivity contribution in [2.24, 2.45) is 0 Å². The minimum absolute atomic E-state index is 0.0227. The molecule has 2 N–H and O–H groups in total. The molecule has 0 saturated carbocycles.